The fraction of sp³-hybridized carbons (Fsp3) is 0. The smallest absolute Gasteiger partial charge is 0.160 e. The molecule has 0 aliphatic heterocycles. The molecule has 0 bridgehead atoms. The van der Waals surface area contributed by atoms with Gasteiger partial charge >= 0.3 is 0 Å². The maximum Gasteiger partial charge on any atom is 0.160 e. The van der Waals surface area contributed by atoms with Gasteiger partial charge in [0.2, 0.25) is 0 Å². The molecule has 0 aliphatic carbocycles. The molecule has 0 fully saturated rings. The Hall–Kier alpha value is -6.00. The van der Waals surface area contributed by atoms with Crippen LogP contribution >= 0.6 is 0 Å². The monoisotopic (exact) mass is 562 g/mol. The Morgan fingerprint density at radius 1 is 0.273 bits per heavy atom. The van der Waals surface area contributed by atoms with Crippen LogP contribution in [-0.2, 0) is 0 Å². The molecule has 0 unspecified atom stereocenters. The molecule has 0 radical (unpaired) electrons. The molecular formula is C40H26N4. The highest BCUT2D eigenvalue weighted by atomic mass is 14.9. The number of rotatable bonds is 5. The third-order valence-electron chi connectivity index (χ3n) is 8.10. The molecule has 0 saturated heterocycles. The van der Waals surface area contributed by atoms with Crippen LogP contribution in [0.25, 0.3) is 77.7 Å². The molecule has 6 aromatic carbocycles. The standard InChI is InChI=1S/C40H26N4/c1-4-12-27(13-5-1)30-20-21-35-36(22-30)38(40-43-25-32(26-44-40)29-16-8-3-9-17-29)34-19-11-10-18-33(34)37(35)39-41-23-31(24-42-39)28-14-6-2-7-15-28/h1-26H. The van der Waals surface area contributed by atoms with Crippen LogP contribution in [-0.4, -0.2) is 19.9 Å². The van der Waals surface area contributed by atoms with Crippen molar-refractivity contribution < 1.29 is 0 Å². The number of aromatic nitrogens is 4. The van der Waals surface area contributed by atoms with Crippen molar-refractivity contribution in [1.82, 2.24) is 19.9 Å². The first kappa shape index (κ1) is 25.7. The first-order valence-corrected chi connectivity index (χ1v) is 14.6. The molecule has 2 heterocycles. The summed E-state index contributed by atoms with van der Waals surface area (Å²) in [6.45, 7) is 0. The van der Waals surface area contributed by atoms with Crippen molar-refractivity contribution in [3.05, 3.63) is 158 Å². The van der Waals surface area contributed by atoms with Gasteiger partial charge in [-0.25, -0.2) is 19.9 Å². The lowest BCUT2D eigenvalue weighted by molar-refractivity contribution is 1.18. The second kappa shape index (κ2) is 11.0. The maximum absolute atomic E-state index is 4.93. The van der Waals surface area contributed by atoms with Crippen molar-refractivity contribution in [3.8, 4) is 56.2 Å². The topological polar surface area (TPSA) is 51.6 Å². The summed E-state index contributed by atoms with van der Waals surface area (Å²) in [4.78, 5) is 19.7. The summed E-state index contributed by atoms with van der Waals surface area (Å²) < 4.78 is 0. The van der Waals surface area contributed by atoms with E-state index in [-0.39, 0.29) is 0 Å². The predicted octanol–water partition coefficient (Wildman–Crippen LogP) is 9.91. The van der Waals surface area contributed by atoms with Crippen molar-refractivity contribution in [3.63, 3.8) is 0 Å². The molecular weight excluding hydrogens is 536 g/mol. The van der Waals surface area contributed by atoms with Crippen LogP contribution in [0.5, 0.6) is 0 Å². The summed E-state index contributed by atoms with van der Waals surface area (Å²) in [5.41, 5.74) is 8.42. The van der Waals surface area contributed by atoms with Crippen molar-refractivity contribution >= 4 is 21.5 Å². The number of benzene rings is 6. The predicted molar refractivity (Wildman–Crippen MR) is 180 cm³/mol. The Kier molecular flexibility index (Phi) is 6.43. The van der Waals surface area contributed by atoms with Crippen molar-refractivity contribution in [2.75, 3.05) is 0 Å². The number of fused-ring (bicyclic) bond motifs is 2. The Morgan fingerprint density at radius 2 is 0.636 bits per heavy atom. The Labute approximate surface area is 255 Å². The summed E-state index contributed by atoms with van der Waals surface area (Å²) in [6.07, 6.45) is 7.66. The van der Waals surface area contributed by atoms with Gasteiger partial charge in [0, 0.05) is 47.0 Å². The lowest BCUT2D eigenvalue weighted by atomic mass is 9.89. The molecule has 0 atom stereocenters. The molecule has 4 heteroatoms. The minimum absolute atomic E-state index is 0.683. The molecule has 8 aromatic rings. The summed E-state index contributed by atoms with van der Waals surface area (Å²) >= 11 is 0. The van der Waals surface area contributed by atoms with Crippen LogP contribution in [0.1, 0.15) is 0 Å². The van der Waals surface area contributed by atoms with Gasteiger partial charge in [0.1, 0.15) is 0 Å². The highest BCUT2D eigenvalue weighted by molar-refractivity contribution is 6.20. The van der Waals surface area contributed by atoms with Crippen LogP contribution in [0.3, 0.4) is 0 Å². The third-order valence-corrected chi connectivity index (χ3v) is 8.10. The molecule has 0 N–H and O–H groups in total. The van der Waals surface area contributed by atoms with E-state index >= 15 is 0 Å². The van der Waals surface area contributed by atoms with Gasteiger partial charge < -0.3 is 0 Å². The van der Waals surface area contributed by atoms with Crippen molar-refractivity contribution in [2.24, 2.45) is 0 Å². The van der Waals surface area contributed by atoms with Gasteiger partial charge in [0.15, 0.2) is 11.6 Å². The summed E-state index contributed by atoms with van der Waals surface area (Å²) in [5, 5.41) is 4.24. The molecule has 0 spiro atoms. The van der Waals surface area contributed by atoms with Crippen LogP contribution in [0.15, 0.2) is 158 Å². The molecule has 4 nitrogen and oxygen atoms in total. The summed E-state index contributed by atoms with van der Waals surface area (Å²) in [7, 11) is 0. The Balaban J connectivity index is 1.38. The van der Waals surface area contributed by atoms with Crippen molar-refractivity contribution in [2.45, 2.75) is 0 Å². The Bertz CT molecular complexity index is 2230. The third kappa shape index (κ3) is 4.59. The lowest BCUT2D eigenvalue weighted by Crippen LogP contribution is -1.97. The molecule has 0 saturated carbocycles. The first-order chi connectivity index (χ1) is 21.8. The first-order valence-electron chi connectivity index (χ1n) is 14.6. The van der Waals surface area contributed by atoms with Gasteiger partial charge in [-0.2, -0.15) is 0 Å². The van der Waals surface area contributed by atoms with Crippen LogP contribution < -0.4 is 0 Å². The molecule has 206 valence electrons. The summed E-state index contributed by atoms with van der Waals surface area (Å²) in [5.74, 6) is 1.37. The van der Waals surface area contributed by atoms with E-state index in [4.69, 9.17) is 19.9 Å². The van der Waals surface area contributed by atoms with E-state index in [2.05, 4.69) is 91.0 Å². The summed E-state index contributed by atoms with van der Waals surface area (Å²) in [6, 6.07) is 46.0. The second-order valence-corrected chi connectivity index (χ2v) is 10.7. The number of hydrogen-bond acceptors (Lipinski definition) is 4. The van der Waals surface area contributed by atoms with Gasteiger partial charge in [-0.15, -0.1) is 0 Å². The average molecular weight is 563 g/mol. The zero-order chi connectivity index (χ0) is 29.3. The lowest BCUT2D eigenvalue weighted by Gasteiger charge is -2.17. The fourth-order valence-electron chi connectivity index (χ4n) is 5.94. The highest BCUT2D eigenvalue weighted by Crippen LogP contribution is 2.43. The molecule has 0 amide bonds. The quantitative estimate of drug-likeness (QED) is 0.196. The number of hydrogen-bond donors (Lipinski definition) is 0. The number of nitrogens with zero attached hydrogens (tertiary/aromatic N) is 4. The van der Waals surface area contributed by atoms with Crippen molar-refractivity contribution in [1.29, 1.82) is 0 Å². The van der Waals surface area contributed by atoms with Gasteiger partial charge in [-0.3, -0.25) is 0 Å². The van der Waals surface area contributed by atoms with E-state index < -0.39 is 0 Å². The van der Waals surface area contributed by atoms with Gasteiger partial charge in [-0.05, 0) is 49.9 Å². The molecule has 2 aromatic heterocycles. The van der Waals surface area contributed by atoms with Gasteiger partial charge in [-0.1, -0.05) is 127 Å². The van der Waals surface area contributed by atoms with Crippen LogP contribution in [0, 0.1) is 0 Å². The highest BCUT2D eigenvalue weighted by Gasteiger charge is 2.20. The van der Waals surface area contributed by atoms with E-state index in [0.29, 0.717) is 11.6 Å². The normalized spacial score (nSPS) is 11.2. The van der Waals surface area contributed by atoms with Gasteiger partial charge in [0.25, 0.3) is 0 Å². The van der Waals surface area contributed by atoms with Crippen LogP contribution in [0.4, 0.5) is 0 Å². The van der Waals surface area contributed by atoms with E-state index in [1.165, 1.54) is 0 Å². The average Bonchev–Trinajstić information content (AvgIpc) is 3.12. The van der Waals surface area contributed by atoms with Gasteiger partial charge in [0.05, 0.1) is 0 Å². The molecule has 8 rings (SSSR count). The minimum atomic E-state index is 0.683. The minimum Gasteiger partial charge on any atom is -0.236 e. The molecule has 44 heavy (non-hydrogen) atoms. The molecule has 0 aliphatic rings. The van der Waals surface area contributed by atoms with Crippen LogP contribution in [0.2, 0.25) is 0 Å². The van der Waals surface area contributed by atoms with E-state index in [0.717, 1.165) is 66.1 Å². The van der Waals surface area contributed by atoms with E-state index in [1.807, 2.05) is 67.3 Å². The largest absolute Gasteiger partial charge is 0.236 e. The second-order valence-electron chi connectivity index (χ2n) is 10.7. The SMILES string of the molecule is c1ccc(-c2cnc(-c3c4ccccc4c(-c4ncc(-c5ccccc5)cn4)c4cc(-c5ccccc5)ccc34)nc2)cc1. The zero-order valence-electron chi connectivity index (χ0n) is 23.8. The maximum atomic E-state index is 4.93. The van der Waals surface area contributed by atoms with E-state index in [1.54, 1.807) is 0 Å². The fourth-order valence-corrected chi connectivity index (χ4v) is 5.94. The van der Waals surface area contributed by atoms with E-state index in [9.17, 15) is 0 Å². The zero-order valence-corrected chi connectivity index (χ0v) is 23.8. The Morgan fingerprint density at radius 3 is 1.09 bits per heavy atom.